The van der Waals surface area contributed by atoms with Crippen molar-refractivity contribution in [3.63, 3.8) is 0 Å². The SMILES string of the molecule is Cl.O=C1N[C@H](c2cc(Cl)ccc2Br)CO1. The van der Waals surface area contributed by atoms with Crippen molar-refractivity contribution in [2.24, 2.45) is 0 Å². The van der Waals surface area contributed by atoms with Gasteiger partial charge in [0.15, 0.2) is 0 Å². The van der Waals surface area contributed by atoms with Crippen molar-refractivity contribution in [3.05, 3.63) is 33.3 Å². The number of carbonyl (C=O) groups excluding carboxylic acids is 1. The molecule has 0 aliphatic carbocycles. The normalized spacial score (nSPS) is 19.1. The molecule has 1 atom stereocenters. The molecule has 15 heavy (non-hydrogen) atoms. The molecular formula is C9H8BrCl2NO2. The summed E-state index contributed by atoms with van der Waals surface area (Å²) in [6.07, 6.45) is -0.387. The van der Waals surface area contributed by atoms with Gasteiger partial charge in [-0.25, -0.2) is 4.79 Å². The summed E-state index contributed by atoms with van der Waals surface area (Å²) in [5.41, 5.74) is 0.934. The standard InChI is InChI=1S/C9H7BrClNO2.ClH/c10-7-2-1-5(11)3-6(7)8-4-14-9(13)12-8;/h1-3,8H,4H2,(H,12,13);1H/t8-;/m0./s1. The van der Waals surface area contributed by atoms with E-state index in [9.17, 15) is 4.79 Å². The van der Waals surface area contributed by atoms with E-state index in [0.717, 1.165) is 10.0 Å². The molecule has 1 saturated heterocycles. The number of benzene rings is 1. The Kier molecular flexibility index (Phi) is 4.25. The zero-order chi connectivity index (χ0) is 10.1. The summed E-state index contributed by atoms with van der Waals surface area (Å²) < 4.78 is 5.72. The highest BCUT2D eigenvalue weighted by atomic mass is 79.9. The highest BCUT2D eigenvalue weighted by molar-refractivity contribution is 9.10. The first kappa shape index (κ1) is 12.6. The van der Waals surface area contributed by atoms with Crippen LogP contribution in [0.25, 0.3) is 0 Å². The van der Waals surface area contributed by atoms with E-state index in [4.69, 9.17) is 16.3 Å². The maximum absolute atomic E-state index is 10.8. The van der Waals surface area contributed by atoms with Crippen LogP contribution in [0.4, 0.5) is 4.79 Å². The second-order valence-corrected chi connectivity index (χ2v) is 4.25. The lowest BCUT2D eigenvalue weighted by molar-refractivity contribution is 0.177. The van der Waals surface area contributed by atoms with Crippen molar-refractivity contribution in [2.45, 2.75) is 6.04 Å². The zero-order valence-electron chi connectivity index (χ0n) is 7.50. The molecule has 1 aliphatic heterocycles. The summed E-state index contributed by atoms with van der Waals surface area (Å²) in [7, 11) is 0. The van der Waals surface area contributed by atoms with E-state index in [1.165, 1.54) is 0 Å². The molecule has 82 valence electrons. The number of nitrogens with one attached hydrogen (secondary N) is 1. The lowest BCUT2D eigenvalue weighted by atomic mass is 10.1. The third kappa shape index (κ3) is 2.77. The summed E-state index contributed by atoms with van der Waals surface area (Å²) >= 11 is 9.25. The smallest absolute Gasteiger partial charge is 0.407 e. The van der Waals surface area contributed by atoms with Crippen molar-refractivity contribution in [1.82, 2.24) is 5.32 Å². The average molecular weight is 313 g/mol. The lowest BCUT2D eigenvalue weighted by Gasteiger charge is -2.10. The Morgan fingerprint density at radius 2 is 2.27 bits per heavy atom. The van der Waals surface area contributed by atoms with Crippen molar-refractivity contribution in [2.75, 3.05) is 6.61 Å². The maximum Gasteiger partial charge on any atom is 0.407 e. The van der Waals surface area contributed by atoms with Crippen LogP contribution in [0.1, 0.15) is 11.6 Å². The van der Waals surface area contributed by atoms with E-state index in [1.807, 2.05) is 12.1 Å². The molecule has 1 fully saturated rings. The minimum absolute atomic E-state index is 0. The monoisotopic (exact) mass is 311 g/mol. The molecule has 1 N–H and O–H groups in total. The maximum atomic E-state index is 10.8. The van der Waals surface area contributed by atoms with Crippen molar-refractivity contribution >= 4 is 46.0 Å². The molecule has 1 heterocycles. The fourth-order valence-corrected chi connectivity index (χ4v) is 2.04. The molecule has 0 saturated carbocycles. The number of hydrogen-bond donors (Lipinski definition) is 1. The number of amides is 1. The van der Waals surface area contributed by atoms with Crippen LogP contribution in [-0.2, 0) is 4.74 Å². The van der Waals surface area contributed by atoms with E-state index >= 15 is 0 Å². The number of halogens is 3. The second-order valence-electron chi connectivity index (χ2n) is 2.96. The molecular weight excluding hydrogens is 305 g/mol. The van der Waals surface area contributed by atoms with Crippen LogP contribution in [0.15, 0.2) is 22.7 Å². The van der Waals surface area contributed by atoms with E-state index < -0.39 is 0 Å². The summed E-state index contributed by atoms with van der Waals surface area (Å²) in [5, 5.41) is 3.33. The third-order valence-electron chi connectivity index (χ3n) is 2.01. The molecule has 1 aromatic rings. The fraction of sp³-hybridized carbons (Fsp3) is 0.222. The first-order valence-corrected chi connectivity index (χ1v) is 5.22. The predicted molar refractivity (Wildman–Crippen MR) is 63.6 cm³/mol. The number of hydrogen-bond acceptors (Lipinski definition) is 2. The van der Waals surface area contributed by atoms with Gasteiger partial charge in [-0.2, -0.15) is 0 Å². The molecule has 0 spiro atoms. The minimum atomic E-state index is -0.387. The van der Waals surface area contributed by atoms with Gasteiger partial charge in [0.1, 0.15) is 6.61 Å². The largest absolute Gasteiger partial charge is 0.447 e. The first-order valence-electron chi connectivity index (χ1n) is 4.05. The van der Waals surface area contributed by atoms with Gasteiger partial charge in [-0.15, -0.1) is 12.4 Å². The van der Waals surface area contributed by atoms with Gasteiger partial charge in [0.2, 0.25) is 0 Å². The number of cyclic esters (lactones) is 1. The second kappa shape index (κ2) is 5.05. The summed E-state index contributed by atoms with van der Waals surface area (Å²) in [6.45, 7) is 0.345. The Balaban J connectivity index is 0.00000112. The molecule has 0 aromatic heterocycles. The van der Waals surface area contributed by atoms with Crippen LogP contribution in [0.5, 0.6) is 0 Å². The van der Waals surface area contributed by atoms with E-state index in [2.05, 4.69) is 21.2 Å². The van der Waals surface area contributed by atoms with Crippen molar-refractivity contribution < 1.29 is 9.53 Å². The van der Waals surface area contributed by atoms with E-state index in [-0.39, 0.29) is 24.5 Å². The van der Waals surface area contributed by atoms with Gasteiger partial charge in [0.05, 0.1) is 6.04 Å². The van der Waals surface area contributed by atoms with Crippen molar-refractivity contribution in [1.29, 1.82) is 0 Å². The van der Waals surface area contributed by atoms with Gasteiger partial charge < -0.3 is 10.1 Å². The molecule has 6 heteroatoms. The van der Waals surface area contributed by atoms with Gasteiger partial charge in [0.25, 0.3) is 0 Å². The zero-order valence-corrected chi connectivity index (χ0v) is 10.7. The number of carbonyl (C=O) groups is 1. The van der Waals surface area contributed by atoms with Crippen molar-refractivity contribution in [3.8, 4) is 0 Å². The highest BCUT2D eigenvalue weighted by Crippen LogP contribution is 2.28. The van der Waals surface area contributed by atoms with Crippen LogP contribution in [-0.4, -0.2) is 12.7 Å². The van der Waals surface area contributed by atoms with E-state index in [1.54, 1.807) is 6.07 Å². The van der Waals surface area contributed by atoms with Gasteiger partial charge in [-0.3, -0.25) is 0 Å². The first-order chi connectivity index (χ1) is 6.66. The Labute approximate surface area is 107 Å². The topological polar surface area (TPSA) is 38.3 Å². The molecule has 2 rings (SSSR count). The number of ether oxygens (including phenoxy) is 1. The third-order valence-corrected chi connectivity index (χ3v) is 2.96. The summed E-state index contributed by atoms with van der Waals surface area (Å²) in [6, 6.07) is 5.33. The van der Waals surface area contributed by atoms with E-state index in [0.29, 0.717) is 11.6 Å². The molecule has 0 unspecified atom stereocenters. The van der Waals surface area contributed by atoms with Gasteiger partial charge >= 0.3 is 6.09 Å². The van der Waals surface area contributed by atoms with Crippen LogP contribution >= 0.6 is 39.9 Å². The van der Waals surface area contributed by atoms with Gasteiger partial charge in [0, 0.05) is 9.50 Å². The Bertz CT molecular complexity index is 386. The number of alkyl carbamates (subject to hydrolysis) is 1. The summed E-state index contributed by atoms with van der Waals surface area (Å²) in [5.74, 6) is 0. The molecule has 0 bridgehead atoms. The van der Waals surface area contributed by atoms with Crippen LogP contribution in [0.3, 0.4) is 0 Å². The molecule has 3 nitrogen and oxygen atoms in total. The molecule has 0 radical (unpaired) electrons. The molecule has 1 amide bonds. The van der Waals surface area contributed by atoms with Crippen LogP contribution in [0.2, 0.25) is 5.02 Å². The number of rotatable bonds is 1. The Morgan fingerprint density at radius 1 is 1.53 bits per heavy atom. The lowest BCUT2D eigenvalue weighted by Crippen LogP contribution is -2.18. The summed E-state index contributed by atoms with van der Waals surface area (Å²) in [4.78, 5) is 10.8. The highest BCUT2D eigenvalue weighted by Gasteiger charge is 2.25. The van der Waals surface area contributed by atoms with Crippen LogP contribution in [0, 0.1) is 0 Å². The Hall–Kier alpha value is -0.450. The molecule has 1 aromatic carbocycles. The quantitative estimate of drug-likeness (QED) is 0.864. The fourth-order valence-electron chi connectivity index (χ4n) is 1.33. The van der Waals surface area contributed by atoms with Gasteiger partial charge in [-0.05, 0) is 23.8 Å². The van der Waals surface area contributed by atoms with Crippen LogP contribution < -0.4 is 5.32 Å². The molecule has 1 aliphatic rings. The average Bonchev–Trinajstić information content (AvgIpc) is 2.56. The van der Waals surface area contributed by atoms with Gasteiger partial charge in [-0.1, -0.05) is 27.5 Å². The Morgan fingerprint density at radius 3 is 2.87 bits per heavy atom. The minimum Gasteiger partial charge on any atom is -0.447 e. The predicted octanol–water partition coefficient (Wildman–Crippen LogP) is 3.31.